The average molecular weight is 558 g/mol. The van der Waals surface area contributed by atoms with E-state index in [0.717, 1.165) is 4.70 Å². The summed E-state index contributed by atoms with van der Waals surface area (Å²) in [4.78, 5) is 37.6. The van der Waals surface area contributed by atoms with Gasteiger partial charge in [-0.15, -0.1) is 11.3 Å². The number of hydrogen-bond donors (Lipinski definition) is 1. The summed E-state index contributed by atoms with van der Waals surface area (Å²) in [6, 6.07) is 13.1. The number of methoxy groups -OCH3 is 5. The summed E-state index contributed by atoms with van der Waals surface area (Å²) in [6.45, 7) is 0. The highest BCUT2D eigenvalue weighted by atomic mass is 32.1. The molecule has 3 aromatic carbocycles. The third-order valence-electron chi connectivity index (χ3n) is 5.77. The highest BCUT2D eigenvalue weighted by Crippen LogP contribution is 2.45. The van der Waals surface area contributed by atoms with Crippen molar-refractivity contribution >= 4 is 40.6 Å². The number of ketones is 1. The maximum Gasteiger partial charge on any atom is 0.203 e. The fourth-order valence-electron chi connectivity index (χ4n) is 4.07. The van der Waals surface area contributed by atoms with Crippen LogP contribution in [0.4, 0.5) is 5.69 Å². The van der Waals surface area contributed by atoms with Crippen LogP contribution in [-0.2, 0) is 4.57 Å². The van der Waals surface area contributed by atoms with Crippen LogP contribution in [0.25, 0.3) is 20.5 Å². The number of carbonyl (C=O) groups is 1. The number of rotatable bonds is 10. The molecule has 0 aliphatic carbocycles. The van der Waals surface area contributed by atoms with Crippen molar-refractivity contribution in [1.82, 2.24) is 0 Å². The van der Waals surface area contributed by atoms with Gasteiger partial charge in [-0.1, -0.05) is 0 Å². The summed E-state index contributed by atoms with van der Waals surface area (Å²) < 4.78 is 39.0. The Morgan fingerprint density at radius 2 is 1.47 bits per heavy atom. The zero-order valence-electron chi connectivity index (χ0n) is 21.1. The Hall–Kier alpha value is -3.76. The smallest absolute Gasteiger partial charge is 0.203 e. The van der Waals surface area contributed by atoms with Gasteiger partial charge in [-0.25, -0.2) is 0 Å². The minimum Gasteiger partial charge on any atom is -0.795 e. The summed E-state index contributed by atoms with van der Waals surface area (Å²) in [5.74, 6) is 1.40. The molecule has 38 heavy (non-hydrogen) atoms. The van der Waals surface area contributed by atoms with E-state index in [1.165, 1.54) is 51.9 Å². The van der Waals surface area contributed by atoms with E-state index in [0.29, 0.717) is 44.4 Å². The first-order valence-corrected chi connectivity index (χ1v) is 13.4. The number of nitrogens with one attached hydrogen (secondary N) is 1. The van der Waals surface area contributed by atoms with Crippen molar-refractivity contribution in [2.24, 2.45) is 0 Å². The van der Waals surface area contributed by atoms with Crippen molar-refractivity contribution in [1.29, 1.82) is 0 Å². The van der Waals surface area contributed by atoms with Crippen LogP contribution < -0.4 is 38.6 Å². The lowest BCUT2D eigenvalue weighted by Crippen LogP contribution is -2.20. The van der Waals surface area contributed by atoms with Crippen LogP contribution in [0, 0.1) is 0 Å². The molecule has 10 nitrogen and oxygen atoms in total. The summed E-state index contributed by atoms with van der Waals surface area (Å²) in [5, 5.41) is 2.62. The predicted octanol–water partition coefficient (Wildman–Crippen LogP) is 4.08. The second-order valence-corrected chi connectivity index (χ2v) is 10.2. The molecule has 0 radical (unpaired) electrons. The Morgan fingerprint density at radius 1 is 0.816 bits per heavy atom. The SMILES string of the molecule is COc1ccc2c(C(=O)c3cc(OC)c(OC)c(OC)c3)c(-c3ccc(OC)c(NP(=O)([O-])[O-])c3)sc2c1. The van der Waals surface area contributed by atoms with E-state index in [9.17, 15) is 19.1 Å². The average Bonchev–Trinajstić information content (AvgIpc) is 3.29. The van der Waals surface area contributed by atoms with Crippen LogP contribution in [0.5, 0.6) is 28.7 Å². The second kappa shape index (κ2) is 10.9. The van der Waals surface area contributed by atoms with Crippen molar-refractivity contribution in [3.63, 3.8) is 0 Å². The normalized spacial score (nSPS) is 11.2. The fourth-order valence-corrected chi connectivity index (χ4v) is 5.77. The first-order chi connectivity index (χ1) is 18.1. The molecule has 0 atom stereocenters. The Kier molecular flexibility index (Phi) is 7.84. The van der Waals surface area contributed by atoms with Crippen molar-refractivity contribution in [2.45, 2.75) is 0 Å². The van der Waals surface area contributed by atoms with E-state index in [2.05, 4.69) is 0 Å². The lowest BCUT2D eigenvalue weighted by atomic mass is 9.96. The zero-order chi connectivity index (χ0) is 27.6. The number of thiophene rings is 1. The van der Waals surface area contributed by atoms with Gasteiger partial charge in [0.05, 0.1) is 41.2 Å². The number of ether oxygens (including phenoxy) is 5. The minimum absolute atomic E-state index is 0.0421. The molecule has 4 aromatic rings. The number of anilines is 1. The van der Waals surface area contributed by atoms with Crippen molar-refractivity contribution in [3.8, 4) is 39.2 Å². The van der Waals surface area contributed by atoms with E-state index in [1.807, 2.05) is 11.2 Å². The van der Waals surface area contributed by atoms with Crippen LogP contribution in [0.15, 0.2) is 48.5 Å². The summed E-state index contributed by atoms with van der Waals surface area (Å²) in [7, 11) is 2.15. The van der Waals surface area contributed by atoms with E-state index in [1.54, 1.807) is 37.4 Å². The topological polar surface area (TPSA) is 138 Å². The molecule has 0 saturated carbocycles. The molecule has 12 heteroatoms. The van der Waals surface area contributed by atoms with Gasteiger partial charge in [0.2, 0.25) is 5.75 Å². The van der Waals surface area contributed by atoms with Crippen molar-refractivity contribution in [3.05, 3.63) is 59.7 Å². The van der Waals surface area contributed by atoms with Gasteiger partial charge in [-0.3, -0.25) is 4.79 Å². The molecule has 0 spiro atoms. The van der Waals surface area contributed by atoms with Gasteiger partial charge in [-0.05, 0) is 54.1 Å². The molecule has 1 heterocycles. The van der Waals surface area contributed by atoms with Gasteiger partial charge in [0.1, 0.15) is 11.5 Å². The molecule has 0 fully saturated rings. The van der Waals surface area contributed by atoms with Crippen molar-refractivity contribution < 1.29 is 42.8 Å². The molecule has 0 unspecified atom stereocenters. The first-order valence-electron chi connectivity index (χ1n) is 11.1. The van der Waals surface area contributed by atoms with Gasteiger partial charge in [0, 0.05) is 33.8 Å². The minimum atomic E-state index is -5.13. The standard InChI is InChI=1S/C26H26NO9PS/c1-32-16-7-8-17-22(13-16)38-26(14-6-9-19(33-2)18(10-14)27-37(29,30)31)23(17)24(28)15-11-20(34-3)25(36-5)21(12-15)35-4/h6-13H,1-5H3,(H3,27,29,30,31)/p-2. The first kappa shape index (κ1) is 27.3. The second-order valence-electron chi connectivity index (χ2n) is 7.94. The lowest BCUT2D eigenvalue weighted by Gasteiger charge is -2.31. The largest absolute Gasteiger partial charge is 0.795 e. The van der Waals surface area contributed by atoms with Gasteiger partial charge in [0.15, 0.2) is 17.3 Å². The van der Waals surface area contributed by atoms with E-state index in [-0.39, 0.29) is 22.8 Å². The summed E-state index contributed by atoms with van der Waals surface area (Å²) in [5.41, 5.74) is 1.11. The third kappa shape index (κ3) is 5.27. The fraction of sp³-hybridized carbons (Fsp3) is 0.192. The van der Waals surface area contributed by atoms with E-state index >= 15 is 0 Å². The van der Waals surface area contributed by atoms with Gasteiger partial charge < -0.3 is 43.1 Å². The summed E-state index contributed by atoms with van der Waals surface area (Å²) in [6.07, 6.45) is 0. The van der Waals surface area contributed by atoms with Gasteiger partial charge >= 0.3 is 0 Å². The molecule has 0 amide bonds. The number of carbonyl (C=O) groups excluding carboxylic acids is 1. The molecule has 1 aromatic heterocycles. The zero-order valence-corrected chi connectivity index (χ0v) is 22.9. The van der Waals surface area contributed by atoms with Crippen molar-refractivity contribution in [2.75, 3.05) is 40.6 Å². The Morgan fingerprint density at radius 3 is 2.03 bits per heavy atom. The molecule has 0 aliphatic rings. The van der Waals surface area contributed by atoms with Crippen LogP contribution in [-0.4, -0.2) is 41.3 Å². The third-order valence-corrected chi connectivity index (χ3v) is 7.49. The molecule has 1 N–H and O–H groups in total. The Bertz CT molecular complexity index is 1540. The van der Waals surface area contributed by atoms with E-state index < -0.39 is 7.75 Å². The van der Waals surface area contributed by atoms with Crippen LogP contribution in [0.3, 0.4) is 0 Å². The Labute approximate surface area is 222 Å². The highest BCUT2D eigenvalue weighted by molar-refractivity contribution is 7.50. The van der Waals surface area contributed by atoms with Gasteiger partial charge in [0.25, 0.3) is 0 Å². The quantitative estimate of drug-likeness (QED) is 0.224. The molecule has 0 aliphatic heterocycles. The molecule has 0 bridgehead atoms. The molecule has 200 valence electrons. The van der Waals surface area contributed by atoms with Crippen LogP contribution in [0.1, 0.15) is 15.9 Å². The van der Waals surface area contributed by atoms with Crippen LogP contribution >= 0.6 is 19.1 Å². The maximum absolute atomic E-state index is 14.1. The molecular weight excluding hydrogens is 533 g/mol. The molecule has 0 saturated heterocycles. The summed E-state index contributed by atoms with van der Waals surface area (Å²) >= 11 is 1.32. The lowest BCUT2D eigenvalue weighted by molar-refractivity contribution is -0.311. The van der Waals surface area contributed by atoms with Gasteiger partial charge in [-0.2, -0.15) is 0 Å². The number of benzene rings is 3. The maximum atomic E-state index is 14.1. The van der Waals surface area contributed by atoms with Crippen LogP contribution in [0.2, 0.25) is 0 Å². The predicted molar refractivity (Wildman–Crippen MR) is 141 cm³/mol. The molecule has 4 rings (SSSR count). The number of hydrogen-bond acceptors (Lipinski definition) is 10. The Balaban J connectivity index is 1.97. The highest BCUT2D eigenvalue weighted by Gasteiger charge is 2.25. The van der Waals surface area contributed by atoms with E-state index in [4.69, 9.17) is 23.7 Å². The molecular formula is C26H24NO9PS-2. The monoisotopic (exact) mass is 557 g/mol. The number of fused-ring (bicyclic) bond motifs is 1.